The standard InChI is InChI=1S/C15H30N2O/c1-14(2)8-10-17(11-14)9-6-13-5-4-7-15(13,12-18)16-3/h13,16,18H,4-12H2,1-3H3. The van der Waals surface area contributed by atoms with Crippen molar-refractivity contribution < 1.29 is 5.11 Å². The first-order valence-corrected chi connectivity index (χ1v) is 7.53. The molecule has 1 heterocycles. The van der Waals surface area contributed by atoms with Crippen LogP contribution in [0.1, 0.15) is 46.0 Å². The number of aliphatic hydroxyl groups excluding tert-OH is 1. The Kier molecular flexibility index (Phi) is 4.35. The van der Waals surface area contributed by atoms with Crippen LogP contribution >= 0.6 is 0 Å². The van der Waals surface area contributed by atoms with E-state index in [4.69, 9.17) is 0 Å². The van der Waals surface area contributed by atoms with E-state index >= 15 is 0 Å². The molecule has 0 bridgehead atoms. The van der Waals surface area contributed by atoms with E-state index < -0.39 is 0 Å². The van der Waals surface area contributed by atoms with Gasteiger partial charge in [0.1, 0.15) is 0 Å². The molecule has 0 aromatic heterocycles. The van der Waals surface area contributed by atoms with Crippen LogP contribution in [0, 0.1) is 11.3 Å². The minimum absolute atomic E-state index is 0.00917. The summed E-state index contributed by atoms with van der Waals surface area (Å²) in [6.07, 6.45) is 6.23. The molecule has 2 rings (SSSR count). The van der Waals surface area contributed by atoms with Gasteiger partial charge < -0.3 is 15.3 Å². The van der Waals surface area contributed by atoms with Crippen LogP contribution in [0.3, 0.4) is 0 Å². The topological polar surface area (TPSA) is 35.5 Å². The number of likely N-dealkylation sites (N-methyl/N-ethyl adjacent to an activating group) is 1. The van der Waals surface area contributed by atoms with Crippen molar-refractivity contribution in [3.8, 4) is 0 Å². The van der Waals surface area contributed by atoms with Crippen molar-refractivity contribution in [2.45, 2.75) is 51.5 Å². The van der Waals surface area contributed by atoms with Gasteiger partial charge in [0.05, 0.1) is 6.61 Å². The highest BCUT2D eigenvalue weighted by Crippen LogP contribution is 2.38. The highest BCUT2D eigenvalue weighted by Gasteiger charge is 2.41. The highest BCUT2D eigenvalue weighted by atomic mass is 16.3. The molecule has 1 saturated heterocycles. The van der Waals surface area contributed by atoms with Crippen molar-refractivity contribution in [2.24, 2.45) is 11.3 Å². The molecule has 2 unspecified atom stereocenters. The van der Waals surface area contributed by atoms with Crippen LogP contribution in [0.5, 0.6) is 0 Å². The third kappa shape index (κ3) is 2.89. The summed E-state index contributed by atoms with van der Waals surface area (Å²) >= 11 is 0. The lowest BCUT2D eigenvalue weighted by Crippen LogP contribution is -2.50. The number of hydrogen-bond donors (Lipinski definition) is 2. The van der Waals surface area contributed by atoms with Gasteiger partial charge in [0.15, 0.2) is 0 Å². The van der Waals surface area contributed by atoms with Gasteiger partial charge in [-0.15, -0.1) is 0 Å². The van der Waals surface area contributed by atoms with E-state index in [2.05, 4.69) is 24.1 Å². The zero-order chi connectivity index (χ0) is 13.2. The molecule has 2 aliphatic rings. The third-order valence-electron chi connectivity index (χ3n) is 5.29. The van der Waals surface area contributed by atoms with Gasteiger partial charge in [0.25, 0.3) is 0 Å². The quantitative estimate of drug-likeness (QED) is 0.786. The van der Waals surface area contributed by atoms with Crippen LogP contribution in [0.4, 0.5) is 0 Å². The van der Waals surface area contributed by atoms with Gasteiger partial charge in [-0.25, -0.2) is 0 Å². The Bertz CT molecular complexity index is 274. The van der Waals surface area contributed by atoms with Crippen LogP contribution < -0.4 is 5.32 Å². The monoisotopic (exact) mass is 254 g/mol. The van der Waals surface area contributed by atoms with E-state index in [1.165, 1.54) is 45.3 Å². The van der Waals surface area contributed by atoms with Crippen LogP contribution in [0.25, 0.3) is 0 Å². The average Bonchev–Trinajstić information content (AvgIpc) is 2.90. The van der Waals surface area contributed by atoms with Gasteiger partial charge in [0, 0.05) is 12.1 Å². The Labute approximate surface area is 112 Å². The first-order chi connectivity index (χ1) is 8.51. The summed E-state index contributed by atoms with van der Waals surface area (Å²) in [5.41, 5.74) is 0.516. The zero-order valence-electron chi connectivity index (χ0n) is 12.3. The lowest BCUT2D eigenvalue weighted by Gasteiger charge is -2.34. The second kappa shape index (κ2) is 5.48. The van der Waals surface area contributed by atoms with Gasteiger partial charge in [-0.3, -0.25) is 0 Å². The van der Waals surface area contributed by atoms with Crippen LogP contribution in [-0.2, 0) is 0 Å². The molecule has 3 heteroatoms. The predicted octanol–water partition coefficient (Wildman–Crippen LogP) is 1.86. The fraction of sp³-hybridized carbons (Fsp3) is 1.00. The second-order valence-corrected chi connectivity index (χ2v) is 7.13. The fourth-order valence-corrected chi connectivity index (χ4v) is 3.93. The second-order valence-electron chi connectivity index (χ2n) is 7.13. The van der Waals surface area contributed by atoms with Crippen molar-refractivity contribution in [3.63, 3.8) is 0 Å². The van der Waals surface area contributed by atoms with Crippen molar-refractivity contribution in [3.05, 3.63) is 0 Å². The van der Waals surface area contributed by atoms with E-state index in [0.29, 0.717) is 17.9 Å². The van der Waals surface area contributed by atoms with E-state index in [0.717, 1.165) is 6.42 Å². The summed E-state index contributed by atoms with van der Waals surface area (Å²) < 4.78 is 0. The molecule has 0 amide bonds. The number of likely N-dealkylation sites (tertiary alicyclic amines) is 1. The van der Waals surface area contributed by atoms with Gasteiger partial charge in [-0.1, -0.05) is 20.3 Å². The molecule has 0 spiro atoms. The summed E-state index contributed by atoms with van der Waals surface area (Å²) in [5.74, 6) is 0.649. The van der Waals surface area contributed by atoms with Crippen LogP contribution in [0.15, 0.2) is 0 Å². The molecule has 3 nitrogen and oxygen atoms in total. The molecule has 0 radical (unpaired) electrons. The Morgan fingerprint density at radius 3 is 2.67 bits per heavy atom. The Morgan fingerprint density at radius 2 is 2.11 bits per heavy atom. The SMILES string of the molecule is CNC1(CO)CCCC1CCN1CCC(C)(C)C1. The van der Waals surface area contributed by atoms with Gasteiger partial charge in [0.2, 0.25) is 0 Å². The smallest absolute Gasteiger partial charge is 0.0615 e. The molecule has 1 saturated carbocycles. The summed E-state index contributed by atoms with van der Waals surface area (Å²) in [7, 11) is 2.01. The summed E-state index contributed by atoms with van der Waals surface area (Å²) in [5, 5.41) is 13.1. The predicted molar refractivity (Wildman–Crippen MR) is 75.7 cm³/mol. The van der Waals surface area contributed by atoms with Gasteiger partial charge >= 0.3 is 0 Å². The molecule has 2 atom stereocenters. The Balaban J connectivity index is 1.83. The molecule has 2 fully saturated rings. The fourth-order valence-electron chi connectivity index (χ4n) is 3.93. The maximum atomic E-state index is 9.69. The van der Waals surface area contributed by atoms with Crippen molar-refractivity contribution in [1.82, 2.24) is 10.2 Å². The minimum Gasteiger partial charge on any atom is -0.394 e. The van der Waals surface area contributed by atoms with Gasteiger partial charge in [-0.05, 0) is 57.2 Å². The highest BCUT2D eigenvalue weighted by molar-refractivity contribution is 4.98. The van der Waals surface area contributed by atoms with Crippen LogP contribution in [0.2, 0.25) is 0 Å². The van der Waals surface area contributed by atoms with Crippen molar-refractivity contribution >= 4 is 0 Å². The average molecular weight is 254 g/mol. The maximum Gasteiger partial charge on any atom is 0.0615 e. The minimum atomic E-state index is 0.00917. The number of nitrogens with one attached hydrogen (secondary N) is 1. The lowest BCUT2D eigenvalue weighted by molar-refractivity contribution is 0.119. The Morgan fingerprint density at radius 1 is 1.33 bits per heavy atom. The summed E-state index contributed by atoms with van der Waals surface area (Å²) in [4.78, 5) is 2.61. The van der Waals surface area contributed by atoms with E-state index in [1.54, 1.807) is 0 Å². The summed E-state index contributed by atoms with van der Waals surface area (Å²) in [6, 6.07) is 0. The van der Waals surface area contributed by atoms with E-state index in [1.807, 2.05) is 7.05 Å². The number of hydrogen-bond acceptors (Lipinski definition) is 3. The molecule has 2 N–H and O–H groups in total. The summed E-state index contributed by atoms with van der Waals surface area (Å²) in [6.45, 7) is 8.73. The van der Waals surface area contributed by atoms with E-state index in [-0.39, 0.29) is 5.54 Å². The molecule has 0 aromatic carbocycles. The first-order valence-electron chi connectivity index (χ1n) is 7.53. The Hall–Kier alpha value is -0.120. The number of aliphatic hydroxyl groups is 1. The first kappa shape index (κ1) is 14.3. The molecule has 106 valence electrons. The maximum absolute atomic E-state index is 9.69. The van der Waals surface area contributed by atoms with Gasteiger partial charge in [-0.2, -0.15) is 0 Å². The van der Waals surface area contributed by atoms with E-state index in [9.17, 15) is 5.11 Å². The molecule has 18 heavy (non-hydrogen) atoms. The molecule has 1 aliphatic heterocycles. The number of rotatable bonds is 5. The molecule has 0 aromatic rings. The lowest BCUT2D eigenvalue weighted by atomic mass is 9.85. The molecular formula is C15H30N2O. The largest absolute Gasteiger partial charge is 0.394 e. The normalized spacial score (nSPS) is 36.3. The third-order valence-corrected chi connectivity index (χ3v) is 5.29. The molecule has 1 aliphatic carbocycles. The zero-order valence-corrected chi connectivity index (χ0v) is 12.3. The number of nitrogens with zero attached hydrogens (tertiary/aromatic N) is 1. The van der Waals surface area contributed by atoms with Crippen molar-refractivity contribution in [2.75, 3.05) is 33.3 Å². The van der Waals surface area contributed by atoms with Crippen molar-refractivity contribution in [1.29, 1.82) is 0 Å². The van der Waals surface area contributed by atoms with Crippen LogP contribution in [-0.4, -0.2) is 48.8 Å². The molecular weight excluding hydrogens is 224 g/mol.